The fourth-order valence-corrected chi connectivity index (χ4v) is 3.18. The number of hydrogen-bond acceptors (Lipinski definition) is 8. The van der Waals surface area contributed by atoms with Crippen molar-refractivity contribution < 1.29 is 33.6 Å². The third-order valence-corrected chi connectivity index (χ3v) is 5.37. The van der Waals surface area contributed by atoms with Crippen LogP contribution in [0.3, 0.4) is 0 Å². The Bertz CT molecular complexity index is 619. The summed E-state index contributed by atoms with van der Waals surface area (Å²) in [5.74, 6) is 0. The topological polar surface area (TPSA) is 158 Å². The molecule has 0 spiro atoms. The number of aliphatic hydroxyl groups is 4. The Morgan fingerprint density at radius 2 is 1.64 bits per heavy atom. The van der Waals surface area contributed by atoms with Crippen molar-refractivity contribution in [2.45, 2.75) is 29.2 Å². The Morgan fingerprint density at radius 1 is 1.14 bits per heavy atom. The van der Waals surface area contributed by atoms with E-state index in [1.54, 1.807) is 0 Å². The van der Waals surface area contributed by atoms with Crippen molar-refractivity contribution in [3.8, 4) is 0 Å². The van der Waals surface area contributed by atoms with Crippen molar-refractivity contribution in [2.24, 2.45) is 5.73 Å². The molecule has 0 heterocycles. The van der Waals surface area contributed by atoms with E-state index in [0.717, 1.165) is 3.57 Å². The minimum Gasteiger partial charge on any atom is -0.394 e. The lowest BCUT2D eigenvalue weighted by atomic mass is 10.0. The first-order valence-corrected chi connectivity index (χ1v) is 8.64. The van der Waals surface area contributed by atoms with Gasteiger partial charge in [0, 0.05) is 3.57 Å². The van der Waals surface area contributed by atoms with Crippen LogP contribution in [0.1, 0.15) is 0 Å². The van der Waals surface area contributed by atoms with E-state index in [0.29, 0.717) is 0 Å². The zero-order chi connectivity index (χ0) is 17.1. The highest BCUT2D eigenvalue weighted by Gasteiger charge is 2.39. The van der Waals surface area contributed by atoms with Crippen LogP contribution in [-0.2, 0) is 14.6 Å². The van der Waals surface area contributed by atoms with Gasteiger partial charge in [-0.2, -0.15) is 0 Å². The molecule has 0 amide bonds. The summed E-state index contributed by atoms with van der Waals surface area (Å²) in [6.07, 6.45) is -5.76. The predicted octanol–water partition coefficient (Wildman–Crippen LogP) is -2.01. The maximum absolute atomic E-state index is 12.1. The number of rotatable bonds is 6. The Labute approximate surface area is 140 Å². The molecule has 0 fully saturated rings. The number of hydrogen-bond donors (Lipinski definition) is 5. The average molecular weight is 445 g/mol. The summed E-state index contributed by atoms with van der Waals surface area (Å²) in [4.78, 5) is 11.7. The molecule has 10 heteroatoms. The van der Waals surface area contributed by atoms with E-state index >= 15 is 0 Å². The summed E-state index contributed by atoms with van der Waals surface area (Å²) in [7, 11) is -4.45. The van der Waals surface area contributed by atoms with Crippen molar-refractivity contribution in [2.75, 3.05) is 6.61 Å². The Kier molecular flexibility index (Phi) is 6.85. The highest BCUT2D eigenvalue weighted by Crippen LogP contribution is 2.17. The molecule has 0 saturated heterocycles. The number of carbonyl (C=O) groups is 1. The van der Waals surface area contributed by atoms with Crippen LogP contribution in [0.25, 0.3) is 0 Å². The van der Waals surface area contributed by atoms with Gasteiger partial charge in [-0.1, -0.05) is 0 Å². The van der Waals surface area contributed by atoms with E-state index in [-0.39, 0.29) is 4.90 Å². The number of aliphatic hydroxyl groups excluding tert-OH is 4. The summed E-state index contributed by atoms with van der Waals surface area (Å²) < 4.78 is 25.0. The molecule has 0 saturated carbocycles. The van der Waals surface area contributed by atoms with Crippen molar-refractivity contribution in [3.63, 3.8) is 0 Å². The van der Waals surface area contributed by atoms with Crippen molar-refractivity contribution in [1.82, 2.24) is 0 Å². The minimum absolute atomic E-state index is 0.294. The summed E-state index contributed by atoms with van der Waals surface area (Å²) in [5, 5.41) is 35.5. The molecular weight excluding hydrogens is 429 g/mol. The second-order valence-electron chi connectivity index (χ2n) is 4.53. The minimum atomic E-state index is -4.45. The molecular formula is C12H16INO7S. The third kappa shape index (κ3) is 4.22. The van der Waals surface area contributed by atoms with Gasteiger partial charge in [0.1, 0.15) is 24.4 Å². The standard InChI is InChI=1S/C12H16INO7S/c13-6-1-3-7(4-2-6)22(20,21)12(19)9(14)11(18)10(17)8(16)5-15/h1-4,8-11,15-18H,5,14H2/t8-,9-,10+,11-/m1/s1. The van der Waals surface area contributed by atoms with Gasteiger partial charge in [-0.25, -0.2) is 8.42 Å². The van der Waals surface area contributed by atoms with Crippen LogP contribution in [0.15, 0.2) is 29.2 Å². The van der Waals surface area contributed by atoms with E-state index in [1.165, 1.54) is 24.3 Å². The highest BCUT2D eigenvalue weighted by molar-refractivity contribution is 14.1. The molecule has 8 nitrogen and oxygen atoms in total. The molecule has 0 aliphatic heterocycles. The highest BCUT2D eigenvalue weighted by atomic mass is 127. The molecule has 0 aromatic heterocycles. The maximum atomic E-state index is 12.1. The smallest absolute Gasteiger partial charge is 0.270 e. The first kappa shape index (κ1) is 19.4. The summed E-state index contributed by atoms with van der Waals surface area (Å²) in [5.41, 5.74) is 5.37. The maximum Gasteiger partial charge on any atom is 0.270 e. The van der Waals surface area contributed by atoms with Gasteiger partial charge in [-0.05, 0) is 46.9 Å². The fraction of sp³-hybridized carbons (Fsp3) is 0.417. The molecule has 0 aliphatic rings. The average Bonchev–Trinajstić information content (AvgIpc) is 2.51. The zero-order valence-corrected chi connectivity index (χ0v) is 14.2. The van der Waals surface area contributed by atoms with Crippen LogP contribution in [-0.4, -0.2) is 64.9 Å². The lowest BCUT2D eigenvalue weighted by Crippen LogP contribution is -2.54. The molecule has 1 aromatic carbocycles. The summed E-state index contributed by atoms with van der Waals surface area (Å²) in [6, 6.07) is 3.42. The second kappa shape index (κ2) is 7.77. The zero-order valence-electron chi connectivity index (χ0n) is 11.2. The molecule has 124 valence electrons. The molecule has 1 rings (SSSR count). The van der Waals surface area contributed by atoms with Gasteiger partial charge >= 0.3 is 0 Å². The normalized spacial score (nSPS) is 17.5. The van der Waals surface area contributed by atoms with Crippen molar-refractivity contribution in [3.05, 3.63) is 27.8 Å². The molecule has 1 aromatic rings. The van der Waals surface area contributed by atoms with Gasteiger partial charge in [0.05, 0.1) is 11.5 Å². The van der Waals surface area contributed by atoms with Crippen LogP contribution in [0, 0.1) is 3.57 Å². The van der Waals surface area contributed by atoms with E-state index in [1.807, 2.05) is 22.6 Å². The third-order valence-electron chi connectivity index (χ3n) is 2.96. The molecule has 4 atom stereocenters. The predicted molar refractivity (Wildman–Crippen MR) is 84.4 cm³/mol. The van der Waals surface area contributed by atoms with Gasteiger partial charge < -0.3 is 26.2 Å². The molecule has 0 bridgehead atoms. The monoisotopic (exact) mass is 445 g/mol. The Morgan fingerprint density at radius 3 is 2.09 bits per heavy atom. The number of sulfone groups is 1. The van der Waals surface area contributed by atoms with E-state index in [9.17, 15) is 28.5 Å². The number of carbonyl (C=O) groups excluding carboxylic acids is 1. The summed E-state index contributed by atoms with van der Waals surface area (Å²) in [6.45, 7) is -0.886. The molecule has 0 aliphatic carbocycles. The molecule has 0 radical (unpaired) electrons. The van der Waals surface area contributed by atoms with Crippen LogP contribution in [0.2, 0.25) is 0 Å². The number of halogens is 1. The first-order chi connectivity index (χ1) is 10.1. The molecule has 0 unspecified atom stereocenters. The molecule has 6 N–H and O–H groups in total. The number of nitrogens with two attached hydrogens (primary N) is 1. The van der Waals surface area contributed by atoms with Crippen molar-refractivity contribution >= 4 is 37.5 Å². The van der Waals surface area contributed by atoms with Crippen LogP contribution >= 0.6 is 22.6 Å². The van der Waals surface area contributed by atoms with Gasteiger partial charge in [-0.3, -0.25) is 4.79 Å². The van der Waals surface area contributed by atoms with Gasteiger partial charge in [0.15, 0.2) is 0 Å². The lowest BCUT2D eigenvalue weighted by Gasteiger charge is -2.25. The van der Waals surface area contributed by atoms with Crippen molar-refractivity contribution in [1.29, 1.82) is 0 Å². The summed E-state index contributed by atoms with van der Waals surface area (Å²) >= 11 is 1.96. The first-order valence-electron chi connectivity index (χ1n) is 6.08. The van der Waals surface area contributed by atoms with Crippen LogP contribution in [0.4, 0.5) is 0 Å². The number of benzene rings is 1. The van der Waals surface area contributed by atoms with Gasteiger partial charge in [0.25, 0.3) is 5.12 Å². The van der Waals surface area contributed by atoms with Gasteiger partial charge in [-0.15, -0.1) is 0 Å². The van der Waals surface area contributed by atoms with Crippen LogP contribution < -0.4 is 5.73 Å². The van der Waals surface area contributed by atoms with Gasteiger partial charge in [0.2, 0.25) is 9.84 Å². The van der Waals surface area contributed by atoms with Crippen LogP contribution in [0.5, 0.6) is 0 Å². The quantitative estimate of drug-likeness (QED) is 0.315. The second-order valence-corrected chi connectivity index (χ2v) is 7.66. The fourth-order valence-electron chi connectivity index (χ4n) is 1.60. The van der Waals surface area contributed by atoms with E-state index in [2.05, 4.69) is 0 Å². The SMILES string of the molecule is N[C@@H](C(=O)S(=O)(=O)c1ccc(I)cc1)[C@@H](O)[C@@H](O)[C@H](O)CO. The van der Waals surface area contributed by atoms with E-state index in [4.69, 9.17) is 10.8 Å². The molecule has 22 heavy (non-hydrogen) atoms. The Balaban J connectivity index is 3.01. The lowest BCUT2D eigenvalue weighted by molar-refractivity contribution is -0.122. The largest absolute Gasteiger partial charge is 0.394 e. The van der Waals surface area contributed by atoms with E-state index < -0.39 is 45.9 Å². The Hall–Kier alpha value is -0.630.